The van der Waals surface area contributed by atoms with Crippen molar-refractivity contribution >= 4 is 50.7 Å². The van der Waals surface area contributed by atoms with Crippen LogP contribution in [0.2, 0.25) is 10.0 Å². The summed E-state index contributed by atoms with van der Waals surface area (Å²) in [6, 6.07) is 9.68. The van der Waals surface area contributed by atoms with E-state index in [4.69, 9.17) is 23.2 Å². The predicted octanol–water partition coefficient (Wildman–Crippen LogP) is 4.31. The molecule has 2 N–H and O–H groups in total. The lowest BCUT2D eigenvalue weighted by molar-refractivity contribution is -0.125. The number of hydrogen-bond acceptors (Lipinski definition) is 4. The summed E-state index contributed by atoms with van der Waals surface area (Å²) in [5, 5.41) is 3.30. The zero-order chi connectivity index (χ0) is 23.5. The van der Waals surface area contributed by atoms with E-state index < -0.39 is 16.1 Å². The molecule has 0 bridgehead atoms. The molecule has 2 aromatic carbocycles. The number of rotatable bonds is 7. The van der Waals surface area contributed by atoms with Crippen molar-refractivity contribution in [3.8, 4) is 0 Å². The van der Waals surface area contributed by atoms with Gasteiger partial charge in [0.05, 0.1) is 14.9 Å². The minimum atomic E-state index is -3.94. The van der Waals surface area contributed by atoms with Gasteiger partial charge in [-0.05, 0) is 62.6 Å². The molecule has 2 aromatic rings. The second-order valence-electron chi connectivity index (χ2n) is 7.74. The van der Waals surface area contributed by atoms with E-state index in [9.17, 15) is 18.0 Å². The van der Waals surface area contributed by atoms with Crippen LogP contribution in [0.1, 0.15) is 43.5 Å². The van der Waals surface area contributed by atoms with Crippen LogP contribution in [0.25, 0.3) is 0 Å². The first-order valence-electron chi connectivity index (χ1n) is 10.3. The molecule has 1 aliphatic rings. The van der Waals surface area contributed by atoms with Gasteiger partial charge >= 0.3 is 0 Å². The summed E-state index contributed by atoms with van der Waals surface area (Å²) in [6.07, 6.45) is 2.12. The fourth-order valence-electron chi connectivity index (χ4n) is 3.46. The number of carbonyl (C=O) groups is 2. The second kappa shape index (κ2) is 10.1. The third-order valence-electron chi connectivity index (χ3n) is 5.38. The number of likely N-dealkylation sites (tertiary alicyclic amines) is 1. The molecule has 2 amide bonds. The second-order valence-corrected chi connectivity index (χ2v) is 10.2. The summed E-state index contributed by atoms with van der Waals surface area (Å²) in [7, 11) is -3.94. The number of anilines is 1. The Morgan fingerprint density at radius 1 is 1.16 bits per heavy atom. The van der Waals surface area contributed by atoms with Gasteiger partial charge in [0.15, 0.2) is 0 Å². The molecule has 1 fully saturated rings. The number of hydrogen-bond donors (Lipinski definition) is 2. The average Bonchev–Trinajstić information content (AvgIpc) is 3.25. The number of amides is 2. The predicted molar refractivity (Wildman–Crippen MR) is 126 cm³/mol. The normalized spacial score (nSPS) is 17.1. The van der Waals surface area contributed by atoms with Gasteiger partial charge in [-0.25, -0.2) is 8.42 Å². The SMILES string of the molecule is CC[C@H](C)NC(=O)[C@H]1CCCN1C(=O)c1cccc(NS(=O)(=O)c2ccc(Cl)c(Cl)c2)c1. The Kier molecular flexibility index (Phi) is 7.69. The van der Waals surface area contributed by atoms with Gasteiger partial charge in [-0.3, -0.25) is 14.3 Å². The Balaban J connectivity index is 1.78. The quantitative estimate of drug-likeness (QED) is 0.595. The van der Waals surface area contributed by atoms with Gasteiger partial charge in [0.1, 0.15) is 6.04 Å². The molecule has 32 heavy (non-hydrogen) atoms. The lowest BCUT2D eigenvalue weighted by Gasteiger charge is -2.25. The van der Waals surface area contributed by atoms with E-state index >= 15 is 0 Å². The first kappa shape index (κ1) is 24.4. The van der Waals surface area contributed by atoms with Crippen molar-refractivity contribution in [2.45, 2.75) is 50.1 Å². The Labute approximate surface area is 198 Å². The lowest BCUT2D eigenvalue weighted by Crippen LogP contribution is -2.48. The maximum absolute atomic E-state index is 13.1. The van der Waals surface area contributed by atoms with Gasteiger partial charge in [0.25, 0.3) is 15.9 Å². The number of nitrogens with one attached hydrogen (secondary N) is 2. The van der Waals surface area contributed by atoms with Crippen LogP contribution in [0.5, 0.6) is 0 Å². The number of carbonyl (C=O) groups excluding carboxylic acids is 2. The van der Waals surface area contributed by atoms with Crippen LogP contribution in [0.4, 0.5) is 5.69 Å². The van der Waals surface area contributed by atoms with Gasteiger partial charge in [0.2, 0.25) is 5.91 Å². The highest BCUT2D eigenvalue weighted by molar-refractivity contribution is 7.92. The highest BCUT2D eigenvalue weighted by Crippen LogP contribution is 2.27. The van der Waals surface area contributed by atoms with E-state index in [0.29, 0.717) is 18.5 Å². The molecule has 7 nitrogen and oxygen atoms in total. The van der Waals surface area contributed by atoms with E-state index in [1.165, 1.54) is 24.3 Å². The summed E-state index contributed by atoms with van der Waals surface area (Å²) < 4.78 is 27.9. The fraction of sp³-hybridized carbons (Fsp3) is 0.364. The molecule has 0 aliphatic carbocycles. The molecule has 172 valence electrons. The van der Waals surface area contributed by atoms with Crippen LogP contribution >= 0.6 is 23.2 Å². The Hall–Kier alpha value is -2.29. The van der Waals surface area contributed by atoms with Crippen LogP contribution in [0.15, 0.2) is 47.4 Å². The van der Waals surface area contributed by atoms with Crippen LogP contribution in [-0.2, 0) is 14.8 Å². The fourth-order valence-corrected chi connectivity index (χ4v) is 4.90. The molecule has 10 heteroatoms. The van der Waals surface area contributed by atoms with E-state index in [1.807, 2.05) is 13.8 Å². The topological polar surface area (TPSA) is 95.6 Å². The van der Waals surface area contributed by atoms with E-state index in [2.05, 4.69) is 10.0 Å². The van der Waals surface area contributed by atoms with Crippen LogP contribution in [0, 0.1) is 0 Å². The van der Waals surface area contributed by atoms with E-state index in [1.54, 1.807) is 23.1 Å². The number of sulfonamides is 1. The van der Waals surface area contributed by atoms with Crippen molar-refractivity contribution in [3.63, 3.8) is 0 Å². The van der Waals surface area contributed by atoms with Crippen molar-refractivity contribution in [1.82, 2.24) is 10.2 Å². The zero-order valence-corrected chi connectivity index (χ0v) is 20.1. The van der Waals surface area contributed by atoms with Crippen molar-refractivity contribution in [2.75, 3.05) is 11.3 Å². The van der Waals surface area contributed by atoms with Gasteiger partial charge < -0.3 is 10.2 Å². The molecule has 1 aliphatic heterocycles. The van der Waals surface area contributed by atoms with E-state index in [-0.39, 0.29) is 38.5 Å². The number of nitrogens with zero attached hydrogens (tertiary/aromatic N) is 1. The highest BCUT2D eigenvalue weighted by Gasteiger charge is 2.35. The standard InChI is InChI=1S/C22H25Cl2N3O4S/c1-3-14(2)25-21(28)20-8-5-11-27(20)22(29)15-6-4-7-16(12-15)26-32(30,31)17-9-10-18(23)19(24)13-17/h4,6-7,9-10,12-14,20,26H,3,5,8,11H2,1-2H3,(H,25,28)/t14-,20+/m0/s1. The summed E-state index contributed by atoms with van der Waals surface area (Å²) in [6.45, 7) is 4.37. The summed E-state index contributed by atoms with van der Waals surface area (Å²) in [5.74, 6) is -0.482. The minimum absolute atomic E-state index is 0.0270. The smallest absolute Gasteiger partial charge is 0.261 e. The molecule has 0 radical (unpaired) electrons. The maximum atomic E-state index is 13.1. The zero-order valence-electron chi connectivity index (χ0n) is 17.8. The van der Waals surface area contributed by atoms with Crippen molar-refractivity contribution in [3.05, 3.63) is 58.1 Å². The average molecular weight is 498 g/mol. The molecule has 0 aromatic heterocycles. The molecule has 0 unspecified atom stereocenters. The summed E-state index contributed by atoms with van der Waals surface area (Å²) in [4.78, 5) is 27.2. The third-order valence-corrected chi connectivity index (χ3v) is 7.50. The molecular weight excluding hydrogens is 473 g/mol. The van der Waals surface area contributed by atoms with Gasteiger partial charge in [-0.1, -0.05) is 36.2 Å². The molecule has 0 saturated carbocycles. The largest absolute Gasteiger partial charge is 0.352 e. The molecular formula is C22H25Cl2N3O4S. The van der Waals surface area contributed by atoms with E-state index in [0.717, 1.165) is 12.8 Å². The van der Waals surface area contributed by atoms with Crippen molar-refractivity contribution < 1.29 is 18.0 Å². The first-order chi connectivity index (χ1) is 15.1. The molecule has 1 saturated heterocycles. The van der Waals surface area contributed by atoms with Crippen LogP contribution in [-0.4, -0.2) is 43.8 Å². The number of halogens is 2. The first-order valence-corrected chi connectivity index (χ1v) is 12.6. The molecule has 2 atom stereocenters. The summed E-state index contributed by atoms with van der Waals surface area (Å²) >= 11 is 11.8. The highest BCUT2D eigenvalue weighted by atomic mass is 35.5. The Morgan fingerprint density at radius 3 is 2.59 bits per heavy atom. The van der Waals surface area contributed by atoms with Gasteiger partial charge in [-0.2, -0.15) is 0 Å². The van der Waals surface area contributed by atoms with Crippen molar-refractivity contribution in [2.24, 2.45) is 0 Å². The maximum Gasteiger partial charge on any atom is 0.261 e. The van der Waals surface area contributed by atoms with Crippen LogP contribution in [0.3, 0.4) is 0 Å². The van der Waals surface area contributed by atoms with Crippen LogP contribution < -0.4 is 10.0 Å². The Morgan fingerprint density at radius 2 is 1.91 bits per heavy atom. The molecule has 3 rings (SSSR count). The Bertz CT molecular complexity index is 1120. The van der Waals surface area contributed by atoms with Crippen molar-refractivity contribution in [1.29, 1.82) is 0 Å². The minimum Gasteiger partial charge on any atom is -0.352 e. The molecule has 0 spiro atoms. The molecule has 1 heterocycles. The van der Waals surface area contributed by atoms with Gasteiger partial charge in [-0.15, -0.1) is 0 Å². The monoisotopic (exact) mass is 497 g/mol. The van der Waals surface area contributed by atoms with Gasteiger partial charge in [0, 0.05) is 23.8 Å². The lowest BCUT2D eigenvalue weighted by atomic mass is 10.1. The third kappa shape index (κ3) is 5.54. The number of benzene rings is 2. The summed E-state index contributed by atoms with van der Waals surface area (Å²) in [5.41, 5.74) is 0.518.